The SMILES string of the molecule is [C-]#[N+]C1=C(C)N(c2cccc(C(F)(F)F)c2)C(=N)C(C(=O)OCC)C1c1ccc(Br)cc1. The van der Waals surface area contributed by atoms with E-state index < -0.39 is 29.5 Å². The minimum absolute atomic E-state index is 0.0482. The van der Waals surface area contributed by atoms with E-state index in [1.165, 1.54) is 17.0 Å². The number of nitrogens with zero attached hydrogens (tertiary/aromatic N) is 2. The van der Waals surface area contributed by atoms with Gasteiger partial charge in [0.2, 0.25) is 0 Å². The van der Waals surface area contributed by atoms with Crippen LogP contribution in [0, 0.1) is 17.9 Å². The molecule has 1 aliphatic rings. The summed E-state index contributed by atoms with van der Waals surface area (Å²) in [4.78, 5) is 17.8. The van der Waals surface area contributed by atoms with Crippen LogP contribution in [0.25, 0.3) is 4.85 Å². The number of anilines is 1. The van der Waals surface area contributed by atoms with Gasteiger partial charge in [-0.15, -0.1) is 0 Å². The molecule has 0 fully saturated rings. The summed E-state index contributed by atoms with van der Waals surface area (Å²) in [6.45, 7) is 11.0. The molecule has 0 radical (unpaired) electrons. The normalized spacial score (nSPS) is 19.0. The lowest BCUT2D eigenvalue weighted by Crippen LogP contribution is -2.46. The van der Waals surface area contributed by atoms with Crippen LogP contribution < -0.4 is 4.90 Å². The van der Waals surface area contributed by atoms with Crippen LogP contribution in [0.5, 0.6) is 0 Å². The second kappa shape index (κ2) is 9.17. The Labute approximate surface area is 191 Å². The summed E-state index contributed by atoms with van der Waals surface area (Å²) in [7, 11) is 0. The Balaban J connectivity index is 2.23. The first-order valence-corrected chi connectivity index (χ1v) is 10.5. The number of amidine groups is 1. The average molecular weight is 506 g/mol. The Hall–Kier alpha value is -3.12. The monoisotopic (exact) mass is 505 g/mol. The minimum Gasteiger partial charge on any atom is -0.465 e. The van der Waals surface area contributed by atoms with Gasteiger partial charge in [0.05, 0.1) is 18.7 Å². The number of esters is 1. The number of carbonyl (C=O) groups is 1. The number of nitrogens with one attached hydrogen (secondary N) is 1. The number of rotatable bonds is 4. The minimum atomic E-state index is -4.57. The number of alkyl halides is 3. The Morgan fingerprint density at radius 3 is 2.47 bits per heavy atom. The van der Waals surface area contributed by atoms with E-state index in [-0.39, 0.29) is 29.5 Å². The zero-order chi connectivity index (χ0) is 23.6. The van der Waals surface area contributed by atoms with Gasteiger partial charge in [-0.2, -0.15) is 13.2 Å². The number of benzene rings is 2. The average Bonchev–Trinajstić information content (AvgIpc) is 2.74. The van der Waals surface area contributed by atoms with Gasteiger partial charge in [0.25, 0.3) is 0 Å². The molecular formula is C23H19BrF3N3O2. The van der Waals surface area contributed by atoms with Crippen LogP contribution in [0.4, 0.5) is 18.9 Å². The van der Waals surface area contributed by atoms with E-state index in [0.29, 0.717) is 5.56 Å². The van der Waals surface area contributed by atoms with Gasteiger partial charge in [-0.1, -0.05) is 34.1 Å². The third-order valence-corrected chi connectivity index (χ3v) is 5.72. The van der Waals surface area contributed by atoms with Crippen molar-refractivity contribution in [2.45, 2.75) is 25.9 Å². The third-order valence-electron chi connectivity index (χ3n) is 5.19. The lowest BCUT2D eigenvalue weighted by atomic mass is 9.78. The van der Waals surface area contributed by atoms with Crippen LogP contribution in [0.3, 0.4) is 0 Å². The Bertz CT molecular complexity index is 1120. The molecule has 0 amide bonds. The third kappa shape index (κ3) is 4.41. The zero-order valence-corrected chi connectivity index (χ0v) is 18.8. The summed E-state index contributed by atoms with van der Waals surface area (Å²) in [6, 6.07) is 11.5. The van der Waals surface area contributed by atoms with Crippen molar-refractivity contribution in [3.8, 4) is 0 Å². The molecule has 166 valence electrons. The van der Waals surface area contributed by atoms with E-state index in [9.17, 15) is 18.0 Å². The van der Waals surface area contributed by atoms with Crippen LogP contribution in [-0.2, 0) is 15.7 Å². The van der Waals surface area contributed by atoms with Crippen molar-refractivity contribution in [1.29, 1.82) is 5.41 Å². The Morgan fingerprint density at radius 1 is 1.25 bits per heavy atom. The molecule has 0 bridgehead atoms. The van der Waals surface area contributed by atoms with Gasteiger partial charge in [-0.3, -0.25) is 10.2 Å². The molecular weight excluding hydrogens is 487 g/mol. The topological polar surface area (TPSA) is 57.8 Å². The summed E-state index contributed by atoms with van der Waals surface area (Å²) in [5.41, 5.74) is 0.247. The highest BCUT2D eigenvalue weighted by atomic mass is 79.9. The lowest BCUT2D eigenvalue weighted by molar-refractivity contribution is -0.146. The molecule has 0 aliphatic carbocycles. The van der Waals surface area contributed by atoms with Crippen molar-refractivity contribution in [2.75, 3.05) is 11.5 Å². The largest absolute Gasteiger partial charge is 0.465 e. The molecule has 2 aromatic rings. The molecule has 1 aliphatic heterocycles. The van der Waals surface area contributed by atoms with Crippen molar-refractivity contribution in [3.63, 3.8) is 0 Å². The molecule has 2 aromatic carbocycles. The van der Waals surface area contributed by atoms with Gasteiger partial charge < -0.3 is 9.64 Å². The lowest BCUT2D eigenvalue weighted by Gasteiger charge is -2.39. The van der Waals surface area contributed by atoms with E-state index in [0.717, 1.165) is 16.6 Å². The van der Waals surface area contributed by atoms with Gasteiger partial charge in [0.1, 0.15) is 11.8 Å². The first-order valence-electron chi connectivity index (χ1n) is 9.66. The van der Waals surface area contributed by atoms with E-state index in [2.05, 4.69) is 20.8 Å². The fourth-order valence-electron chi connectivity index (χ4n) is 3.78. The van der Waals surface area contributed by atoms with Gasteiger partial charge in [0, 0.05) is 21.8 Å². The predicted molar refractivity (Wildman–Crippen MR) is 118 cm³/mol. The maximum Gasteiger partial charge on any atom is 0.416 e. The number of carbonyl (C=O) groups excluding carboxylic acids is 1. The second-order valence-electron chi connectivity index (χ2n) is 7.11. The molecule has 9 heteroatoms. The molecule has 2 unspecified atom stereocenters. The van der Waals surface area contributed by atoms with Gasteiger partial charge >= 0.3 is 12.1 Å². The van der Waals surface area contributed by atoms with Crippen molar-refractivity contribution in [2.24, 2.45) is 5.92 Å². The number of hydrogen-bond acceptors (Lipinski definition) is 3. The highest BCUT2D eigenvalue weighted by Gasteiger charge is 2.45. The van der Waals surface area contributed by atoms with E-state index >= 15 is 0 Å². The quantitative estimate of drug-likeness (QED) is 0.387. The summed E-state index contributed by atoms with van der Waals surface area (Å²) in [5, 5.41) is 8.79. The van der Waals surface area contributed by atoms with Crippen molar-refractivity contribution < 1.29 is 22.7 Å². The number of hydrogen-bond donors (Lipinski definition) is 1. The van der Waals surface area contributed by atoms with Gasteiger partial charge in [-0.05, 0) is 49.7 Å². The molecule has 0 aromatic heterocycles. The van der Waals surface area contributed by atoms with Crippen molar-refractivity contribution in [3.05, 3.63) is 86.9 Å². The fourth-order valence-corrected chi connectivity index (χ4v) is 4.04. The van der Waals surface area contributed by atoms with Crippen LogP contribution in [0.1, 0.15) is 30.9 Å². The second-order valence-corrected chi connectivity index (χ2v) is 8.03. The molecule has 32 heavy (non-hydrogen) atoms. The van der Waals surface area contributed by atoms with Crippen LogP contribution in [0.2, 0.25) is 0 Å². The molecule has 2 atom stereocenters. The Morgan fingerprint density at radius 2 is 1.91 bits per heavy atom. The summed E-state index contributed by atoms with van der Waals surface area (Å²) < 4.78 is 45.8. The molecule has 0 spiro atoms. The summed E-state index contributed by atoms with van der Waals surface area (Å²) in [5.74, 6) is -2.95. The molecule has 0 saturated heterocycles. The standard InChI is InChI=1S/C23H19BrF3N3O2/c1-4-32-22(31)19-18(14-8-10-16(24)11-9-14)20(29-3)13(2)30(21(19)28)17-7-5-6-15(12-17)23(25,26)27/h5-12,18-19,28H,4H2,1-2H3. The summed E-state index contributed by atoms with van der Waals surface area (Å²) >= 11 is 3.35. The van der Waals surface area contributed by atoms with Crippen LogP contribution in [-0.4, -0.2) is 18.4 Å². The molecule has 1 heterocycles. The highest BCUT2D eigenvalue weighted by molar-refractivity contribution is 9.10. The molecule has 1 N–H and O–H groups in total. The fraction of sp³-hybridized carbons (Fsp3) is 0.261. The molecule has 5 nitrogen and oxygen atoms in total. The van der Waals surface area contributed by atoms with Gasteiger partial charge in [-0.25, -0.2) is 4.85 Å². The van der Waals surface area contributed by atoms with Crippen LogP contribution in [0.15, 0.2) is 64.4 Å². The van der Waals surface area contributed by atoms with Crippen molar-refractivity contribution in [1.82, 2.24) is 0 Å². The summed E-state index contributed by atoms with van der Waals surface area (Å²) in [6.07, 6.45) is -4.57. The Kier molecular flexibility index (Phi) is 6.74. The first kappa shape index (κ1) is 23.5. The molecule has 0 saturated carbocycles. The zero-order valence-electron chi connectivity index (χ0n) is 17.2. The van der Waals surface area contributed by atoms with E-state index in [4.69, 9.17) is 16.7 Å². The number of allylic oxidation sites excluding steroid dienone is 2. The maximum absolute atomic E-state index is 13.3. The van der Waals surface area contributed by atoms with E-state index in [1.54, 1.807) is 38.1 Å². The smallest absolute Gasteiger partial charge is 0.416 e. The van der Waals surface area contributed by atoms with E-state index in [1.807, 2.05) is 0 Å². The van der Waals surface area contributed by atoms with Crippen LogP contribution >= 0.6 is 15.9 Å². The molecule has 3 rings (SSSR count). The number of halogens is 4. The maximum atomic E-state index is 13.3. The highest BCUT2D eigenvalue weighted by Crippen LogP contribution is 2.44. The van der Waals surface area contributed by atoms with Gasteiger partial charge in [0.15, 0.2) is 5.70 Å². The van der Waals surface area contributed by atoms with Crippen molar-refractivity contribution >= 4 is 33.4 Å². The first-order chi connectivity index (χ1) is 15.1. The number of ether oxygens (including phenoxy) is 1. The predicted octanol–water partition coefficient (Wildman–Crippen LogP) is 6.38.